The van der Waals surface area contributed by atoms with Crippen LogP contribution in [0.2, 0.25) is 0 Å². The van der Waals surface area contributed by atoms with Crippen molar-refractivity contribution in [3.05, 3.63) is 70.6 Å². The highest BCUT2D eigenvalue weighted by atomic mass is 16.1. The minimum Gasteiger partial charge on any atom is -0.276 e. The van der Waals surface area contributed by atoms with Crippen LogP contribution < -0.4 is 5.56 Å². The first-order valence-electron chi connectivity index (χ1n) is 8.42. The molecule has 1 aliphatic rings. The number of fused-ring (bicyclic) bond motifs is 4. The maximum Gasteiger partial charge on any atom is 0.274 e. The standard InChI is InChI=1S/C19H17N5O/c1-13-11-22-17(18(20-21-22)14-7-3-2-4-8-14)12-23-16-10-6-5-9-15(16)19(25)24(13)23/h2-10,13H,11-12H2,1H3/t13-/m0/s1. The van der Waals surface area contributed by atoms with E-state index in [0.29, 0.717) is 13.1 Å². The van der Waals surface area contributed by atoms with E-state index in [4.69, 9.17) is 0 Å². The summed E-state index contributed by atoms with van der Waals surface area (Å²) >= 11 is 0. The largest absolute Gasteiger partial charge is 0.276 e. The number of benzene rings is 2. The van der Waals surface area contributed by atoms with E-state index in [1.165, 1.54) is 0 Å². The van der Waals surface area contributed by atoms with Crippen LogP contribution in [0.1, 0.15) is 18.7 Å². The van der Waals surface area contributed by atoms with Crippen LogP contribution in [-0.4, -0.2) is 24.4 Å². The zero-order valence-electron chi connectivity index (χ0n) is 13.8. The highest BCUT2D eigenvalue weighted by molar-refractivity contribution is 5.78. The molecule has 0 N–H and O–H groups in total. The number of hydrogen-bond donors (Lipinski definition) is 0. The molecule has 0 spiro atoms. The maximum atomic E-state index is 12.9. The van der Waals surface area contributed by atoms with Gasteiger partial charge in [-0.1, -0.05) is 47.7 Å². The van der Waals surface area contributed by atoms with Gasteiger partial charge in [0, 0.05) is 5.56 Å². The average molecular weight is 331 g/mol. The summed E-state index contributed by atoms with van der Waals surface area (Å²) in [5, 5.41) is 9.53. The highest BCUT2D eigenvalue weighted by Crippen LogP contribution is 2.27. The van der Waals surface area contributed by atoms with Crippen LogP contribution in [0.4, 0.5) is 0 Å². The zero-order valence-corrected chi connectivity index (χ0v) is 13.8. The Morgan fingerprint density at radius 1 is 1.04 bits per heavy atom. The molecule has 2 aromatic heterocycles. The second kappa shape index (κ2) is 5.17. The summed E-state index contributed by atoms with van der Waals surface area (Å²) < 4.78 is 5.85. The van der Waals surface area contributed by atoms with Gasteiger partial charge in [0.1, 0.15) is 5.69 Å². The molecule has 0 unspecified atom stereocenters. The van der Waals surface area contributed by atoms with Crippen molar-refractivity contribution in [1.29, 1.82) is 0 Å². The number of rotatable bonds is 1. The summed E-state index contributed by atoms with van der Waals surface area (Å²) in [6, 6.07) is 17.9. The van der Waals surface area contributed by atoms with Crippen LogP contribution >= 0.6 is 0 Å². The molecule has 5 rings (SSSR count). The van der Waals surface area contributed by atoms with E-state index in [9.17, 15) is 4.79 Å². The van der Waals surface area contributed by atoms with Crippen LogP contribution in [0.15, 0.2) is 59.4 Å². The third-order valence-corrected chi connectivity index (χ3v) is 4.92. The zero-order chi connectivity index (χ0) is 17.0. The van der Waals surface area contributed by atoms with Crippen molar-refractivity contribution in [2.45, 2.75) is 26.1 Å². The summed E-state index contributed by atoms with van der Waals surface area (Å²) in [7, 11) is 0. The fourth-order valence-electron chi connectivity index (χ4n) is 3.75. The summed E-state index contributed by atoms with van der Waals surface area (Å²) in [5.74, 6) is 0. The molecule has 3 heterocycles. The van der Waals surface area contributed by atoms with Gasteiger partial charge in [-0.15, -0.1) is 5.10 Å². The molecule has 0 fully saturated rings. The van der Waals surface area contributed by atoms with Gasteiger partial charge in [0.25, 0.3) is 5.56 Å². The molecule has 4 aromatic rings. The lowest BCUT2D eigenvalue weighted by molar-refractivity contribution is 0.377. The molecule has 0 bridgehead atoms. The molecule has 0 radical (unpaired) electrons. The van der Waals surface area contributed by atoms with Crippen LogP contribution in [0.3, 0.4) is 0 Å². The predicted octanol–water partition coefficient (Wildman–Crippen LogP) is 2.68. The first kappa shape index (κ1) is 14.2. The van der Waals surface area contributed by atoms with E-state index in [-0.39, 0.29) is 11.6 Å². The molecule has 25 heavy (non-hydrogen) atoms. The summed E-state index contributed by atoms with van der Waals surface area (Å²) in [6.07, 6.45) is 0. The van der Waals surface area contributed by atoms with Gasteiger partial charge in [0.05, 0.1) is 35.7 Å². The Bertz CT molecular complexity index is 1140. The van der Waals surface area contributed by atoms with Crippen LogP contribution in [0.25, 0.3) is 22.2 Å². The lowest BCUT2D eigenvalue weighted by atomic mass is 10.1. The maximum absolute atomic E-state index is 12.9. The molecule has 1 aliphatic heterocycles. The Balaban J connectivity index is 1.77. The van der Waals surface area contributed by atoms with Crippen molar-refractivity contribution in [3.8, 4) is 11.3 Å². The van der Waals surface area contributed by atoms with Crippen LogP contribution in [0.5, 0.6) is 0 Å². The molecule has 6 heteroatoms. The molecule has 0 saturated carbocycles. The first-order valence-corrected chi connectivity index (χ1v) is 8.42. The van der Waals surface area contributed by atoms with E-state index in [2.05, 4.69) is 21.9 Å². The van der Waals surface area contributed by atoms with Crippen molar-refractivity contribution < 1.29 is 0 Å². The van der Waals surface area contributed by atoms with Gasteiger partial charge in [-0.05, 0) is 19.1 Å². The third-order valence-electron chi connectivity index (χ3n) is 4.92. The van der Waals surface area contributed by atoms with Gasteiger partial charge >= 0.3 is 0 Å². The van der Waals surface area contributed by atoms with Gasteiger partial charge in [-0.2, -0.15) is 0 Å². The van der Waals surface area contributed by atoms with E-state index < -0.39 is 0 Å². The quantitative estimate of drug-likeness (QED) is 0.539. The average Bonchev–Trinajstić information content (AvgIpc) is 3.11. The van der Waals surface area contributed by atoms with E-state index >= 15 is 0 Å². The van der Waals surface area contributed by atoms with Crippen LogP contribution in [0, 0.1) is 0 Å². The van der Waals surface area contributed by atoms with Crippen LogP contribution in [-0.2, 0) is 13.1 Å². The van der Waals surface area contributed by atoms with E-state index in [1.54, 1.807) is 0 Å². The molecule has 0 amide bonds. The molecule has 1 atom stereocenters. The Labute approximate surface area is 143 Å². The number of nitrogens with zero attached hydrogens (tertiary/aromatic N) is 5. The molecular weight excluding hydrogens is 314 g/mol. The fraction of sp³-hybridized carbons (Fsp3) is 0.211. The SMILES string of the molecule is C[C@H]1Cn2nnc(-c3ccccc3)c2Cn2c3ccccc3c(=O)n21. The van der Waals surface area contributed by atoms with Gasteiger partial charge in [0.2, 0.25) is 0 Å². The molecule has 0 saturated heterocycles. The second-order valence-corrected chi connectivity index (χ2v) is 6.51. The Morgan fingerprint density at radius 2 is 1.80 bits per heavy atom. The molecule has 6 nitrogen and oxygen atoms in total. The minimum absolute atomic E-state index is 0.00599. The van der Waals surface area contributed by atoms with Gasteiger partial charge in [-0.3, -0.25) is 9.48 Å². The predicted molar refractivity (Wildman–Crippen MR) is 95.5 cm³/mol. The van der Waals surface area contributed by atoms with Crippen molar-refractivity contribution in [1.82, 2.24) is 24.4 Å². The third kappa shape index (κ3) is 2.00. The molecule has 124 valence electrons. The van der Waals surface area contributed by atoms with Crippen molar-refractivity contribution in [3.63, 3.8) is 0 Å². The summed E-state index contributed by atoms with van der Waals surface area (Å²) in [6.45, 7) is 3.26. The Hall–Kier alpha value is -3.15. The molecule has 2 aromatic carbocycles. The molecule has 0 aliphatic carbocycles. The highest BCUT2D eigenvalue weighted by Gasteiger charge is 2.26. The lowest BCUT2D eigenvalue weighted by Gasteiger charge is -2.13. The van der Waals surface area contributed by atoms with Crippen molar-refractivity contribution in [2.75, 3.05) is 0 Å². The Morgan fingerprint density at radius 3 is 2.64 bits per heavy atom. The number of para-hydroxylation sites is 1. The normalized spacial score (nSPS) is 16.4. The second-order valence-electron chi connectivity index (χ2n) is 6.51. The van der Waals surface area contributed by atoms with Gasteiger partial charge < -0.3 is 0 Å². The smallest absolute Gasteiger partial charge is 0.274 e. The van der Waals surface area contributed by atoms with Crippen molar-refractivity contribution in [2.24, 2.45) is 0 Å². The number of aromatic nitrogens is 5. The first-order chi connectivity index (χ1) is 12.2. The number of hydrogen-bond acceptors (Lipinski definition) is 3. The topological polar surface area (TPSA) is 57.6 Å². The van der Waals surface area contributed by atoms with Gasteiger partial charge in [-0.25, -0.2) is 9.36 Å². The van der Waals surface area contributed by atoms with Crippen molar-refractivity contribution >= 4 is 10.9 Å². The molecular formula is C19H17N5O. The van der Waals surface area contributed by atoms with E-state index in [1.807, 2.05) is 64.0 Å². The monoisotopic (exact) mass is 331 g/mol. The fourth-order valence-corrected chi connectivity index (χ4v) is 3.75. The van der Waals surface area contributed by atoms with E-state index in [0.717, 1.165) is 27.9 Å². The van der Waals surface area contributed by atoms with Gasteiger partial charge in [0.15, 0.2) is 0 Å². The lowest BCUT2D eigenvalue weighted by Crippen LogP contribution is -2.26. The minimum atomic E-state index is 0.00599. The summed E-state index contributed by atoms with van der Waals surface area (Å²) in [5.41, 5.74) is 3.97. The summed E-state index contributed by atoms with van der Waals surface area (Å²) in [4.78, 5) is 12.9. The Kier molecular flexibility index (Phi) is 2.94.